The maximum absolute atomic E-state index is 13.9. The molecule has 134 valence electrons. The third kappa shape index (κ3) is 3.71. The van der Waals surface area contributed by atoms with Gasteiger partial charge in [0.15, 0.2) is 0 Å². The maximum atomic E-state index is 13.9. The molecule has 0 radical (unpaired) electrons. The Morgan fingerprint density at radius 2 is 1.00 bits per heavy atom. The highest BCUT2D eigenvalue weighted by Gasteiger charge is 2.48. The molecule has 0 bridgehead atoms. The van der Waals surface area contributed by atoms with Gasteiger partial charge in [-0.1, -0.05) is 36.4 Å². The van der Waals surface area contributed by atoms with Crippen LogP contribution in [-0.4, -0.2) is 12.6 Å². The van der Waals surface area contributed by atoms with Crippen LogP contribution in [0, 0.1) is 20.8 Å². The number of benzene rings is 3. The highest BCUT2D eigenvalue weighted by molar-refractivity contribution is 7.95. The molecule has 3 aromatic rings. The van der Waals surface area contributed by atoms with Crippen molar-refractivity contribution in [2.45, 2.75) is 27.2 Å². The van der Waals surface area contributed by atoms with Gasteiger partial charge >= 0.3 is 0 Å². The van der Waals surface area contributed by atoms with Gasteiger partial charge in [0, 0.05) is 0 Å². The van der Waals surface area contributed by atoms with Crippen LogP contribution >= 0.6 is 7.26 Å². The Morgan fingerprint density at radius 1 is 0.654 bits per heavy atom. The zero-order chi connectivity index (χ0) is 18.7. The van der Waals surface area contributed by atoms with Crippen LogP contribution in [-0.2, 0) is 0 Å². The molecule has 0 N–H and O–H groups in total. The fourth-order valence-corrected chi connectivity index (χ4v) is 7.80. The topological polar surface area (TPSA) is 0 Å². The molecule has 0 spiro atoms. The van der Waals surface area contributed by atoms with Crippen LogP contribution in [0.15, 0.2) is 72.8 Å². The summed E-state index contributed by atoms with van der Waals surface area (Å²) < 4.78 is 27.8. The van der Waals surface area contributed by atoms with Crippen LogP contribution in [0.25, 0.3) is 0 Å². The monoisotopic (exact) mass is 369 g/mol. The van der Waals surface area contributed by atoms with E-state index in [1.807, 2.05) is 75.4 Å². The van der Waals surface area contributed by atoms with Gasteiger partial charge in [-0.2, -0.15) is 0 Å². The van der Waals surface area contributed by atoms with Crippen LogP contribution in [0.3, 0.4) is 0 Å². The van der Waals surface area contributed by atoms with Crippen molar-refractivity contribution in [1.29, 1.82) is 0 Å². The molecule has 3 aromatic carbocycles. The minimum absolute atomic E-state index is 0.136. The smallest absolute Gasteiger partial charge is 0.206 e. The predicted octanol–water partition coefficient (Wildman–Crippen LogP) is 5.17. The van der Waals surface area contributed by atoms with Gasteiger partial charge in [0.05, 0.1) is 0 Å². The number of hydrogen-bond acceptors (Lipinski definition) is 0. The molecule has 26 heavy (non-hydrogen) atoms. The summed E-state index contributed by atoms with van der Waals surface area (Å²) in [6, 6.07) is 24.3. The molecule has 0 heterocycles. The van der Waals surface area contributed by atoms with Crippen molar-refractivity contribution >= 4 is 23.2 Å². The third-order valence-corrected chi connectivity index (χ3v) is 9.04. The van der Waals surface area contributed by atoms with Crippen molar-refractivity contribution in [3.05, 3.63) is 89.5 Å². The summed E-state index contributed by atoms with van der Waals surface area (Å²) in [7, 11) is -2.44. The highest BCUT2D eigenvalue weighted by atomic mass is 31.2. The SMILES string of the molecule is Cc1cccc([P+](CC(F)F)(c2cccc(C)c2)c2cccc(C)c2)c1. The van der Waals surface area contributed by atoms with E-state index in [0.717, 1.165) is 32.6 Å². The van der Waals surface area contributed by atoms with Gasteiger partial charge in [-0.3, -0.25) is 0 Å². The molecule has 0 atom stereocenters. The van der Waals surface area contributed by atoms with Crippen molar-refractivity contribution in [2.75, 3.05) is 6.16 Å². The van der Waals surface area contributed by atoms with E-state index in [1.54, 1.807) is 0 Å². The van der Waals surface area contributed by atoms with Crippen LogP contribution < -0.4 is 15.9 Å². The van der Waals surface area contributed by atoms with E-state index < -0.39 is 13.7 Å². The van der Waals surface area contributed by atoms with Crippen molar-refractivity contribution < 1.29 is 8.78 Å². The fourth-order valence-electron chi connectivity index (χ4n) is 3.57. The number of halogens is 2. The average molecular weight is 369 g/mol. The van der Waals surface area contributed by atoms with Crippen molar-refractivity contribution in [3.63, 3.8) is 0 Å². The molecular formula is C23H24F2P+. The van der Waals surface area contributed by atoms with Gasteiger partial charge in [-0.05, 0) is 73.9 Å². The van der Waals surface area contributed by atoms with Crippen LogP contribution in [0.5, 0.6) is 0 Å². The molecule has 3 rings (SSSR count). The Morgan fingerprint density at radius 3 is 1.27 bits per heavy atom. The largest absolute Gasteiger partial charge is 0.272 e. The van der Waals surface area contributed by atoms with Crippen LogP contribution in [0.1, 0.15) is 16.7 Å². The second-order valence-corrected chi connectivity index (χ2v) is 10.4. The summed E-state index contributed by atoms with van der Waals surface area (Å²) in [4.78, 5) is 0. The van der Waals surface area contributed by atoms with Gasteiger partial charge in [0.25, 0.3) is 6.43 Å². The summed E-state index contributed by atoms with van der Waals surface area (Å²) in [6.45, 7) is 6.06. The minimum Gasteiger partial charge on any atom is -0.206 e. The zero-order valence-corrected chi connectivity index (χ0v) is 16.3. The number of aryl methyl sites for hydroxylation is 3. The molecule has 0 unspecified atom stereocenters. The van der Waals surface area contributed by atoms with E-state index in [-0.39, 0.29) is 6.16 Å². The number of hydrogen-bond donors (Lipinski definition) is 0. The first-order valence-corrected chi connectivity index (χ1v) is 10.8. The van der Waals surface area contributed by atoms with Crippen LogP contribution in [0.2, 0.25) is 0 Å². The Balaban J connectivity index is 2.38. The predicted molar refractivity (Wildman–Crippen MR) is 110 cm³/mol. The molecule has 0 saturated carbocycles. The Labute approximate surface area is 155 Å². The van der Waals surface area contributed by atoms with E-state index in [2.05, 4.69) is 18.2 Å². The lowest BCUT2D eigenvalue weighted by atomic mass is 10.2. The first-order valence-electron chi connectivity index (χ1n) is 8.80. The van der Waals surface area contributed by atoms with Crippen LogP contribution in [0.4, 0.5) is 8.78 Å². The van der Waals surface area contributed by atoms with Crippen molar-refractivity contribution in [2.24, 2.45) is 0 Å². The number of rotatable bonds is 5. The molecule has 0 aliphatic heterocycles. The van der Waals surface area contributed by atoms with Gasteiger partial charge < -0.3 is 0 Å². The van der Waals surface area contributed by atoms with Gasteiger partial charge in [-0.25, -0.2) is 8.78 Å². The quantitative estimate of drug-likeness (QED) is 0.544. The Kier molecular flexibility index (Phi) is 5.53. The standard InChI is InChI=1S/C23H24F2P/c1-17-7-4-10-20(13-17)26(16-23(24)25,21-11-5-8-18(2)14-21)22-12-6-9-19(3)15-22/h4-15,23H,16H2,1-3H3/q+1. The fraction of sp³-hybridized carbons (Fsp3) is 0.217. The molecule has 0 saturated heterocycles. The molecule has 0 aromatic heterocycles. The maximum Gasteiger partial charge on any atom is 0.272 e. The lowest BCUT2D eigenvalue weighted by molar-refractivity contribution is 0.175. The summed E-state index contributed by atoms with van der Waals surface area (Å²) in [5.74, 6) is 0. The Hall–Kier alpha value is -2.05. The first-order chi connectivity index (χ1) is 12.4. The lowest BCUT2D eigenvalue weighted by Crippen LogP contribution is -2.35. The van der Waals surface area contributed by atoms with E-state index in [4.69, 9.17) is 0 Å². The Bertz CT molecular complexity index is 791. The van der Waals surface area contributed by atoms with Gasteiger partial charge in [0.1, 0.15) is 29.3 Å². The van der Waals surface area contributed by atoms with E-state index in [0.29, 0.717) is 0 Å². The second kappa shape index (κ2) is 7.68. The minimum atomic E-state index is -2.44. The third-order valence-electron chi connectivity index (χ3n) is 4.74. The molecule has 0 aliphatic carbocycles. The van der Waals surface area contributed by atoms with E-state index in [9.17, 15) is 8.78 Å². The molecule has 0 fully saturated rings. The van der Waals surface area contributed by atoms with E-state index in [1.165, 1.54) is 0 Å². The highest BCUT2D eigenvalue weighted by Crippen LogP contribution is 2.56. The summed E-state index contributed by atoms with van der Waals surface area (Å²) in [5, 5.41) is 3.07. The molecule has 0 aliphatic rings. The zero-order valence-electron chi connectivity index (χ0n) is 15.4. The van der Waals surface area contributed by atoms with Gasteiger partial charge in [0.2, 0.25) is 0 Å². The average Bonchev–Trinajstić information content (AvgIpc) is 2.59. The number of alkyl halides is 2. The summed E-state index contributed by atoms with van der Waals surface area (Å²) in [5.41, 5.74) is 3.30. The summed E-state index contributed by atoms with van der Waals surface area (Å²) >= 11 is 0. The molecule has 3 heteroatoms. The van der Waals surface area contributed by atoms with Crippen molar-refractivity contribution in [1.82, 2.24) is 0 Å². The molecular weight excluding hydrogens is 345 g/mol. The molecule has 0 amide bonds. The second-order valence-electron chi connectivity index (χ2n) is 6.90. The first kappa shape index (κ1) is 18.7. The van der Waals surface area contributed by atoms with E-state index >= 15 is 0 Å². The molecule has 0 nitrogen and oxygen atoms in total. The summed E-state index contributed by atoms with van der Waals surface area (Å²) in [6.07, 6.45) is -2.51. The lowest BCUT2D eigenvalue weighted by Gasteiger charge is -2.28. The van der Waals surface area contributed by atoms with Gasteiger partial charge in [-0.15, -0.1) is 0 Å². The normalized spacial score (nSPS) is 11.8. The van der Waals surface area contributed by atoms with Crippen molar-refractivity contribution in [3.8, 4) is 0 Å².